The Morgan fingerprint density at radius 1 is 1.21 bits per heavy atom. The first-order valence-electron chi connectivity index (χ1n) is 5.15. The van der Waals surface area contributed by atoms with Crippen LogP contribution in [0.2, 0.25) is 0 Å². The molecule has 0 saturated carbocycles. The second-order valence-corrected chi connectivity index (χ2v) is 4.81. The quantitative estimate of drug-likeness (QED) is 0.679. The molecule has 2 heteroatoms. The molecule has 0 saturated heterocycles. The topological polar surface area (TPSA) is 40.5 Å². The highest BCUT2D eigenvalue weighted by molar-refractivity contribution is 5.13. The molecule has 0 aliphatic carbocycles. The average Bonchev–Trinajstić information content (AvgIpc) is 1.97. The highest BCUT2D eigenvalue weighted by Gasteiger charge is 2.14. The van der Waals surface area contributed by atoms with Crippen LogP contribution in [0.5, 0.6) is 0 Å². The van der Waals surface area contributed by atoms with Crippen molar-refractivity contribution in [1.82, 2.24) is 0 Å². The lowest BCUT2D eigenvalue weighted by Crippen LogP contribution is -2.20. The van der Waals surface area contributed by atoms with Gasteiger partial charge in [0.2, 0.25) is 0 Å². The van der Waals surface area contributed by atoms with Gasteiger partial charge in [-0.3, -0.25) is 0 Å². The zero-order chi connectivity index (χ0) is 11.4. The van der Waals surface area contributed by atoms with Gasteiger partial charge >= 0.3 is 0 Å². The third kappa shape index (κ3) is 6.94. The van der Waals surface area contributed by atoms with E-state index in [1.807, 2.05) is 6.92 Å². The molecule has 2 atom stereocenters. The molecular weight excluding hydrogens is 176 g/mol. The summed E-state index contributed by atoms with van der Waals surface area (Å²) in [4.78, 5) is 0. The van der Waals surface area contributed by atoms with E-state index >= 15 is 0 Å². The second-order valence-electron chi connectivity index (χ2n) is 4.81. The second kappa shape index (κ2) is 5.38. The van der Waals surface area contributed by atoms with Crippen molar-refractivity contribution in [3.63, 3.8) is 0 Å². The van der Waals surface area contributed by atoms with Crippen LogP contribution in [0.25, 0.3) is 0 Å². The summed E-state index contributed by atoms with van der Waals surface area (Å²) in [5.41, 5.74) is -0.966. The van der Waals surface area contributed by atoms with Crippen molar-refractivity contribution in [2.75, 3.05) is 0 Å². The first-order chi connectivity index (χ1) is 6.22. The van der Waals surface area contributed by atoms with E-state index < -0.39 is 11.7 Å². The smallest absolute Gasteiger partial charge is 0.119 e. The Kier molecular flexibility index (Phi) is 5.18. The van der Waals surface area contributed by atoms with E-state index in [0.717, 1.165) is 6.42 Å². The minimum Gasteiger partial charge on any atom is -0.392 e. The lowest BCUT2D eigenvalue weighted by molar-refractivity contribution is 0.116. The van der Waals surface area contributed by atoms with Crippen molar-refractivity contribution in [2.45, 2.75) is 52.7 Å². The summed E-state index contributed by atoms with van der Waals surface area (Å²) in [6, 6.07) is 0. The van der Waals surface area contributed by atoms with Gasteiger partial charge in [0.25, 0.3) is 0 Å². The first kappa shape index (κ1) is 13.5. The Balaban J connectivity index is 4.18. The Morgan fingerprint density at radius 2 is 1.71 bits per heavy atom. The monoisotopic (exact) mass is 198 g/mol. The molecule has 0 amide bonds. The number of aliphatic hydroxyl groups is 2. The minimum absolute atomic E-state index is 0.0798. The van der Waals surface area contributed by atoms with Crippen LogP contribution in [0.1, 0.15) is 41.0 Å². The summed E-state index contributed by atoms with van der Waals surface area (Å²) in [6.07, 6.45) is 0.353. The normalized spacial score (nSPS) is 16.0. The van der Waals surface area contributed by atoms with Crippen LogP contribution < -0.4 is 0 Å². The van der Waals surface area contributed by atoms with E-state index in [1.54, 1.807) is 13.8 Å². The maximum Gasteiger partial charge on any atom is 0.119 e. The van der Waals surface area contributed by atoms with E-state index in [9.17, 15) is 10.2 Å². The minimum atomic E-state index is -0.966. The molecule has 0 aromatic carbocycles. The molecule has 82 valence electrons. The van der Waals surface area contributed by atoms with Crippen molar-refractivity contribution in [1.29, 1.82) is 0 Å². The fourth-order valence-corrected chi connectivity index (χ4v) is 1.07. The van der Waals surface area contributed by atoms with Crippen LogP contribution >= 0.6 is 0 Å². The SMILES string of the molecule is CC(C)C[C@H](O)[C@@H](C)C#CC(C)(C)O. The van der Waals surface area contributed by atoms with Crippen LogP contribution in [0.3, 0.4) is 0 Å². The van der Waals surface area contributed by atoms with Crippen molar-refractivity contribution in [3.8, 4) is 11.8 Å². The molecule has 0 rings (SSSR count). The van der Waals surface area contributed by atoms with Gasteiger partial charge in [0.05, 0.1) is 6.10 Å². The van der Waals surface area contributed by atoms with Gasteiger partial charge in [-0.05, 0) is 33.1 Å². The number of aliphatic hydroxyl groups excluding tert-OH is 1. The van der Waals surface area contributed by atoms with Crippen LogP contribution in [-0.2, 0) is 0 Å². The maximum atomic E-state index is 9.70. The highest BCUT2D eigenvalue weighted by Crippen LogP contribution is 2.12. The fraction of sp³-hybridized carbons (Fsp3) is 0.833. The molecule has 0 radical (unpaired) electrons. The number of rotatable bonds is 3. The van der Waals surface area contributed by atoms with E-state index in [2.05, 4.69) is 25.7 Å². The van der Waals surface area contributed by atoms with Crippen molar-refractivity contribution < 1.29 is 10.2 Å². The zero-order valence-electron chi connectivity index (χ0n) is 9.83. The highest BCUT2D eigenvalue weighted by atomic mass is 16.3. The van der Waals surface area contributed by atoms with Gasteiger partial charge in [-0.15, -0.1) is 0 Å². The van der Waals surface area contributed by atoms with E-state index in [4.69, 9.17) is 0 Å². The lowest BCUT2D eigenvalue weighted by Gasteiger charge is -2.16. The van der Waals surface area contributed by atoms with E-state index in [1.165, 1.54) is 0 Å². The van der Waals surface area contributed by atoms with Gasteiger partial charge in [0.1, 0.15) is 5.60 Å². The molecule has 14 heavy (non-hydrogen) atoms. The van der Waals surface area contributed by atoms with Gasteiger partial charge in [-0.25, -0.2) is 0 Å². The summed E-state index contributed by atoms with van der Waals surface area (Å²) in [7, 11) is 0. The molecular formula is C12H22O2. The molecule has 0 spiro atoms. The number of hydrogen-bond acceptors (Lipinski definition) is 2. The molecule has 0 aromatic rings. The largest absolute Gasteiger partial charge is 0.392 e. The van der Waals surface area contributed by atoms with Gasteiger partial charge in [0, 0.05) is 5.92 Å². The Morgan fingerprint density at radius 3 is 2.07 bits per heavy atom. The molecule has 0 bridgehead atoms. The van der Waals surface area contributed by atoms with Crippen LogP contribution in [0.15, 0.2) is 0 Å². The number of hydrogen-bond donors (Lipinski definition) is 2. The van der Waals surface area contributed by atoms with Crippen LogP contribution in [0.4, 0.5) is 0 Å². The summed E-state index contributed by atoms with van der Waals surface area (Å²) >= 11 is 0. The fourth-order valence-electron chi connectivity index (χ4n) is 1.07. The van der Waals surface area contributed by atoms with E-state index in [-0.39, 0.29) is 5.92 Å². The Labute approximate surface area is 87.3 Å². The molecule has 0 aliphatic rings. The first-order valence-corrected chi connectivity index (χ1v) is 5.15. The summed E-state index contributed by atoms with van der Waals surface area (Å²) in [6.45, 7) is 9.30. The molecule has 2 nitrogen and oxygen atoms in total. The molecule has 0 heterocycles. The maximum absolute atomic E-state index is 9.70. The summed E-state index contributed by atoms with van der Waals surface area (Å²) in [5.74, 6) is 5.99. The standard InChI is InChI=1S/C12H22O2/c1-9(2)8-11(13)10(3)6-7-12(4,5)14/h9-11,13-14H,8H2,1-5H3/t10-,11-/m0/s1. The molecule has 2 N–H and O–H groups in total. The predicted molar refractivity (Wildman–Crippen MR) is 58.7 cm³/mol. The molecule has 0 unspecified atom stereocenters. The van der Waals surface area contributed by atoms with Crippen molar-refractivity contribution in [3.05, 3.63) is 0 Å². The van der Waals surface area contributed by atoms with Crippen molar-refractivity contribution >= 4 is 0 Å². The zero-order valence-corrected chi connectivity index (χ0v) is 9.83. The average molecular weight is 198 g/mol. The van der Waals surface area contributed by atoms with Gasteiger partial charge < -0.3 is 10.2 Å². The van der Waals surface area contributed by atoms with Crippen molar-refractivity contribution in [2.24, 2.45) is 11.8 Å². The lowest BCUT2D eigenvalue weighted by atomic mass is 9.95. The van der Waals surface area contributed by atoms with Gasteiger partial charge in [-0.1, -0.05) is 25.7 Å². The summed E-state index contributed by atoms with van der Waals surface area (Å²) in [5, 5.41) is 19.1. The van der Waals surface area contributed by atoms with Gasteiger partial charge in [-0.2, -0.15) is 0 Å². The van der Waals surface area contributed by atoms with E-state index in [0.29, 0.717) is 5.92 Å². The summed E-state index contributed by atoms with van der Waals surface area (Å²) < 4.78 is 0. The molecule has 0 aromatic heterocycles. The Bertz CT molecular complexity index is 215. The third-order valence-corrected chi connectivity index (χ3v) is 1.90. The molecule has 0 fully saturated rings. The third-order valence-electron chi connectivity index (χ3n) is 1.90. The van der Waals surface area contributed by atoms with Crippen LogP contribution in [-0.4, -0.2) is 21.9 Å². The Hall–Kier alpha value is -0.520. The molecule has 0 aliphatic heterocycles. The van der Waals surface area contributed by atoms with Crippen LogP contribution in [0, 0.1) is 23.7 Å². The predicted octanol–water partition coefficient (Wildman–Crippen LogP) is 1.80. The van der Waals surface area contributed by atoms with Gasteiger partial charge in [0.15, 0.2) is 0 Å².